The van der Waals surface area contributed by atoms with Crippen LogP contribution in [0.15, 0.2) is 0 Å². The molecular weight excluding hydrogens is 144 g/mol. The number of nitrogens with one attached hydrogen (secondary N) is 2. The van der Waals surface area contributed by atoms with E-state index < -0.39 is 0 Å². The first-order valence-electron chi connectivity index (χ1n) is 3.45. The summed E-state index contributed by atoms with van der Waals surface area (Å²) in [7, 11) is 0. The summed E-state index contributed by atoms with van der Waals surface area (Å²) in [6, 6.07) is 0. The molecule has 0 bridgehead atoms. The van der Waals surface area contributed by atoms with Crippen molar-refractivity contribution >= 4 is 11.8 Å². The molecule has 0 atom stereocenters. The van der Waals surface area contributed by atoms with E-state index in [2.05, 4.69) is 16.6 Å². The number of thioether (sulfide) groups is 1. The number of hydrogen-bond donors (Lipinski definition) is 2. The second kappa shape index (κ2) is 4.62. The summed E-state index contributed by atoms with van der Waals surface area (Å²) < 4.78 is 0. The number of hydrogen-bond acceptors (Lipinski definition) is 3. The third-order valence-electron chi connectivity index (χ3n) is 1.35. The summed E-state index contributed by atoms with van der Waals surface area (Å²) in [6.45, 7) is 2.21. The summed E-state index contributed by atoms with van der Waals surface area (Å²) >= 11 is 1.74. The van der Waals surface area contributed by atoms with Crippen LogP contribution in [0.2, 0.25) is 0 Å². The van der Waals surface area contributed by atoms with Crippen molar-refractivity contribution in [2.24, 2.45) is 0 Å². The fourth-order valence-electron chi connectivity index (χ4n) is 0.876. The predicted octanol–water partition coefficient (Wildman–Crippen LogP) is 0.219. The average Bonchev–Trinajstić information content (AvgIpc) is 2.03. The van der Waals surface area contributed by atoms with Crippen molar-refractivity contribution in [2.45, 2.75) is 11.9 Å². The monoisotopic (exact) mass is 156 g/mol. The van der Waals surface area contributed by atoms with E-state index in [1.807, 2.05) is 0 Å². The van der Waals surface area contributed by atoms with Crippen LogP contribution in [0.25, 0.3) is 0 Å². The average molecular weight is 156 g/mol. The Labute approximate surface area is 66.1 Å². The Morgan fingerprint density at radius 1 is 1.50 bits per heavy atom. The molecule has 0 aliphatic carbocycles. The van der Waals surface area contributed by atoms with E-state index >= 15 is 0 Å². The molecule has 0 radical (unpaired) electrons. The molecule has 1 rings (SSSR count). The third kappa shape index (κ3) is 2.61. The van der Waals surface area contributed by atoms with Gasteiger partial charge >= 0.3 is 0 Å². The van der Waals surface area contributed by atoms with E-state index in [1.165, 1.54) is 6.42 Å². The molecule has 3 heteroatoms. The van der Waals surface area contributed by atoms with Gasteiger partial charge in [-0.1, -0.05) is 5.92 Å². The summed E-state index contributed by atoms with van der Waals surface area (Å²) in [5.74, 6) is 3.38. The van der Waals surface area contributed by atoms with Crippen LogP contribution >= 0.6 is 11.8 Å². The molecule has 0 unspecified atom stereocenters. The Balaban J connectivity index is 2.09. The molecule has 0 amide bonds. The van der Waals surface area contributed by atoms with Crippen LogP contribution in [0.4, 0.5) is 0 Å². The molecule has 0 aromatic rings. The van der Waals surface area contributed by atoms with E-state index in [4.69, 9.17) is 6.42 Å². The Hall–Kier alpha value is -0.170. The topological polar surface area (TPSA) is 24.1 Å². The summed E-state index contributed by atoms with van der Waals surface area (Å²) in [6.07, 6.45) is 6.33. The van der Waals surface area contributed by atoms with Gasteiger partial charge in [0, 0.05) is 0 Å². The van der Waals surface area contributed by atoms with Crippen LogP contribution in [0.5, 0.6) is 0 Å². The van der Waals surface area contributed by atoms with Crippen LogP contribution in [-0.4, -0.2) is 24.3 Å². The van der Waals surface area contributed by atoms with E-state index in [9.17, 15) is 0 Å². The van der Waals surface area contributed by atoms with E-state index in [1.54, 1.807) is 11.8 Å². The van der Waals surface area contributed by atoms with Gasteiger partial charge in [-0.05, 0) is 19.5 Å². The van der Waals surface area contributed by atoms with Gasteiger partial charge in [0.1, 0.15) is 5.50 Å². The fraction of sp³-hybridized carbons (Fsp3) is 0.714. The van der Waals surface area contributed by atoms with Crippen LogP contribution in [0.3, 0.4) is 0 Å². The zero-order chi connectivity index (χ0) is 7.23. The first kappa shape index (κ1) is 7.93. The molecule has 0 aromatic heterocycles. The zero-order valence-corrected chi connectivity index (χ0v) is 6.71. The lowest BCUT2D eigenvalue weighted by Gasteiger charge is -2.23. The highest BCUT2D eigenvalue weighted by Gasteiger charge is 2.09. The van der Waals surface area contributed by atoms with Crippen molar-refractivity contribution < 1.29 is 0 Å². The van der Waals surface area contributed by atoms with E-state index in [0.717, 1.165) is 18.8 Å². The highest BCUT2D eigenvalue weighted by Crippen LogP contribution is 2.05. The van der Waals surface area contributed by atoms with Crippen LogP contribution in [-0.2, 0) is 0 Å². The van der Waals surface area contributed by atoms with Gasteiger partial charge in [0.15, 0.2) is 0 Å². The smallest absolute Gasteiger partial charge is 0.106 e. The highest BCUT2D eigenvalue weighted by atomic mass is 32.2. The molecule has 1 heterocycles. The van der Waals surface area contributed by atoms with Gasteiger partial charge in [-0.15, -0.1) is 18.2 Å². The minimum Gasteiger partial charge on any atom is -0.293 e. The lowest BCUT2D eigenvalue weighted by molar-refractivity contribution is 0.465. The quantitative estimate of drug-likeness (QED) is 0.559. The van der Waals surface area contributed by atoms with Gasteiger partial charge in [-0.2, -0.15) is 0 Å². The lowest BCUT2D eigenvalue weighted by Crippen LogP contribution is -2.46. The van der Waals surface area contributed by atoms with E-state index in [0.29, 0.717) is 5.50 Å². The minimum atomic E-state index is 0.379. The van der Waals surface area contributed by atoms with Crippen molar-refractivity contribution in [1.82, 2.24) is 10.6 Å². The van der Waals surface area contributed by atoms with E-state index in [-0.39, 0.29) is 0 Å². The van der Waals surface area contributed by atoms with Gasteiger partial charge in [0.25, 0.3) is 0 Å². The first-order valence-corrected chi connectivity index (χ1v) is 4.50. The van der Waals surface area contributed by atoms with Crippen LogP contribution in [0.1, 0.15) is 6.42 Å². The fourth-order valence-corrected chi connectivity index (χ4v) is 1.61. The molecule has 0 saturated carbocycles. The van der Waals surface area contributed by atoms with Crippen molar-refractivity contribution in [2.75, 3.05) is 18.8 Å². The van der Waals surface area contributed by atoms with Gasteiger partial charge in [-0.3, -0.25) is 10.6 Å². The number of rotatable bonds is 2. The lowest BCUT2D eigenvalue weighted by atomic mass is 10.4. The summed E-state index contributed by atoms with van der Waals surface area (Å²) in [4.78, 5) is 0. The normalized spacial score (nSPS) is 20.3. The van der Waals surface area contributed by atoms with Crippen molar-refractivity contribution in [3.05, 3.63) is 0 Å². The Kier molecular flexibility index (Phi) is 3.66. The molecule has 0 aromatic carbocycles. The Bertz CT molecular complexity index is 124. The molecule has 1 aliphatic heterocycles. The van der Waals surface area contributed by atoms with Gasteiger partial charge in [-0.25, -0.2) is 0 Å². The maximum atomic E-state index is 5.12. The van der Waals surface area contributed by atoms with Crippen molar-refractivity contribution in [3.63, 3.8) is 0 Å². The van der Waals surface area contributed by atoms with Gasteiger partial charge in [0.2, 0.25) is 0 Å². The third-order valence-corrected chi connectivity index (χ3v) is 2.35. The molecule has 1 fully saturated rings. The molecule has 1 saturated heterocycles. The molecule has 2 nitrogen and oxygen atoms in total. The second-order valence-electron chi connectivity index (χ2n) is 2.16. The molecule has 0 spiro atoms. The highest BCUT2D eigenvalue weighted by molar-refractivity contribution is 8.00. The minimum absolute atomic E-state index is 0.379. The van der Waals surface area contributed by atoms with Crippen molar-refractivity contribution in [3.8, 4) is 12.3 Å². The standard InChI is InChI=1S/C7H12N2S/c1-2-6-10-7-8-4-3-5-9-7/h1,7-9H,3-6H2. The second-order valence-corrected chi connectivity index (χ2v) is 3.25. The maximum absolute atomic E-state index is 5.12. The van der Waals surface area contributed by atoms with Gasteiger partial charge in [0.05, 0.1) is 5.75 Å². The summed E-state index contributed by atoms with van der Waals surface area (Å²) in [5.41, 5.74) is 0.379. The molecule has 56 valence electrons. The molecule has 10 heavy (non-hydrogen) atoms. The number of terminal acetylenes is 1. The Morgan fingerprint density at radius 2 is 2.20 bits per heavy atom. The SMILES string of the molecule is C#CCSC1NCCCN1. The van der Waals surface area contributed by atoms with Crippen LogP contribution < -0.4 is 10.6 Å². The van der Waals surface area contributed by atoms with Crippen LogP contribution in [0, 0.1) is 12.3 Å². The van der Waals surface area contributed by atoms with Gasteiger partial charge < -0.3 is 0 Å². The predicted molar refractivity (Wildman–Crippen MR) is 45.7 cm³/mol. The maximum Gasteiger partial charge on any atom is 0.106 e. The molecule has 2 N–H and O–H groups in total. The van der Waals surface area contributed by atoms with Crippen molar-refractivity contribution in [1.29, 1.82) is 0 Å². The molecular formula is C7H12N2S. The zero-order valence-electron chi connectivity index (χ0n) is 5.89. The Morgan fingerprint density at radius 3 is 2.80 bits per heavy atom. The first-order chi connectivity index (χ1) is 4.93. The largest absolute Gasteiger partial charge is 0.293 e. The summed E-state index contributed by atoms with van der Waals surface area (Å²) in [5, 5.41) is 6.62. The molecule has 1 aliphatic rings.